The van der Waals surface area contributed by atoms with Crippen molar-refractivity contribution in [3.63, 3.8) is 0 Å². The number of anilines is 1. The Morgan fingerprint density at radius 1 is 1.50 bits per heavy atom. The number of hydrogen-bond acceptors (Lipinski definition) is 3. The Kier molecular flexibility index (Phi) is 4.15. The molecule has 1 aromatic heterocycles. The SMILES string of the molecule is CC(C)CNc1cc(C(=O)O)c(C(F)(F)F)cn1. The first-order valence-corrected chi connectivity index (χ1v) is 5.26. The summed E-state index contributed by atoms with van der Waals surface area (Å²) in [7, 11) is 0. The lowest BCUT2D eigenvalue weighted by Crippen LogP contribution is -2.16. The Bertz CT molecular complexity index is 444. The van der Waals surface area contributed by atoms with Crippen molar-refractivity contribution < 1.29 is 23.1 Å². The summed E-state index contributed by atoms with van der Waals surface area (Å²) < 4.78 is 37.6. The monoisotopic (exact) mass is 262 g/mol. The lowest BCUT2D eigenvalue weighted by molar-refractivity contribution is -0.138. The minimum Gasteiger partial charge on any atom is -0.478 e. The molecule has 0 atom stereocenters. The molecule has 1 rings (SSSR count). The number of carboxylic acid groups (broad SMARTS) is 1. The minimum atomic E-state index is -4.72. The van der Waals surface area contributed by atoms with Gasteiger partial charge in [-0.2, -0.15) is 13.2 Å². The van der Waals surface area contributed by atoms with E-state index in [9.17, 15) is 18.0 Å². The van der Waals surface area contributed by atoms with Crippen molar-refractivity contribution in [2.75, 3.05) is 11.9 Å². The normalized spacial score (nSPS) is 11.7. The first-order valence-electron chi connectivity index (χ1n) is 5.26. The topological polar surface area (TPSA) is 62.2 Å². The molecule has 0 aliphatic heterocycles. The molecule has 18 heavy (non-hydrogen) atoms. The molecule has 100 valence electrons. The van der Waals surface area contributed by atoms with Crippen LogP contribution in [0.4, 0.5) is 19.0 Å². The van der Waals surface area contributed by atoms with E-state index in [0.29, 0.717) is 12.7 Å². The van der Waals surface area contributed by atoms with E-state index in [0.717, 1.165) is 6.07 Å². The van der Waals surface area contributed by atoms with Gasteiger partial charge in [0.05, 0.1) is 11.1 Å². The summed E-state index contributed by atoms with van der Waals surface area (Å²) in [4.78, 5) is 14.4. The highest BCUT2D eigenvalue weighted by atomic mass is 19.4. The fraction of sp³-hybridized carbons (Fsp3) is 0.455. The van der Waals surface area contributed by atoms with Crippen molar-refractivity contribution in [3.8, 4) is 0 Å². The second-order valence-electron chi connectivity index (χ2n) is 4.19. The van der Waals surface area contributed by atoms with Crippen LogP contribution in [-0.4, -0.2) is 22.6 Å². The summed E-state index contributed by atoms with van der Waals surface area (Å²) >= 11 is 0. The number of aromatic nitrogens is 1. The smallest absolute Gasteiger partial charge is 0.418 e. The van der Waals surface area contributed by atoms with Crippen molar-refractivity contribution >= 4 is 11.8 Å². The van der Waals surface area contributed by atoms with Gasteiger partial charge in [-0.25, -0.2) is 9.78 Å². The highest BCUT2D eigenvalue weighted by molar-refractivity contribution is 5.90. The van der Waals surface area contributed by atoms with Gasteiger partial charge >= 0.3 is 12.1 Å². The molecule has 7 heteroatoms. The van der Waals surface area contributed by atoms with Gasteiger partial charge in [0.1, 0.15) is 5.82 Å². The van der Waals surface area contributed by atoms with E-state index >= 15 is 0 Å². The van der Waals surface area contributed by atoms with Crippen LogP contribution in [0, 0.1) is 5.92 Å². The van der Waals surface area contributed by atoms with Gasteiger partial charge in [0, 0.05) is 12.7 Å². The van der Waals surface area contributed by atoms with Crippen molar-refractivity contribution in [2.24, 2.45) is 5.92 Å². The van der Waals surface area contributed by atoms with Gasteiger partial charge in [0.2, 0.25) is 0 Å². The maximum Gasteiger partial charge on any atom is 0.418 e. The highest BCUT2D eigenvalue weighted by Crippen LogP contribution is 2.32. The first-order chi connectivity index (χ1) is 8.21. The van der Waals surface area contributed by atoms with Crippen LogP contribution in [-0.2, 0) is 6.18 Å². The average molecular weight is 262 g/mol. The molecule has 1 heterocycles. The molecule has 0 fully saturated rings. The third-order valence-corrected chi connectivity index (χ3v) is 2.13. The lowest BCUT2D eigenvalue weighted by Gasteiger charge is -2.12. The number of alkyl halides is 3. The summed E-state index contributed by atoms with van der Waals surface area (Å²) in [6.07, 6.45) is -4.19. The van der Waals surface area contributed by atoms with Crippen LogP contribution in [0.25, 0.3) is 0 Å². The summed E-state index contributed by atoms with van der Waals surface area (Å²) in [5.41, 5.74) is -2.05. The molecular weight excluding hydrogens is 249 g/mol. The average Bonchev–Trinajstić information content (AvgIpc) is 2.24. The number of nitrogens with one attached hydrogen (secondary N) is 1. The maximum atomic E-state index is 12.5. The summed E-state index contributed by atoms with van der Waals surface area (Å²) in [6.45, 7) is 4.32. The van der Waals surface area contributed by atoms with E-state index in [4.69, 9.17) is 5.11 Å². The predicted molar refractivity (Wildman–Crippen MR) is 59.5 cm³/mol. The number of rotatable bonds is 4. The zero-order valence-corrected chi connectivity index (χ0v) is 9.88. The Balaban J connectivity index is 3.08. The van der Waals surface area contributed by atoms with Crippen LogP contribution in [0.15, 0.2) is 12.3 Å². The zero-order valence-electron chi connectivity index (χ0n) is 9.88. The van der Waals surface area contributed by atoms with Crippen LogP contribution in [0.1, 0.15) is 29.8 Å². The molecule has 4 nitrogen and oxygen atoms in total. The third-order valence-electron chi connectivity index (χ3n) is 2.13. The summed E-state index contributed by atoms with van der Waals surface area (Å²) in [6, 6.07) is 0.896. The van der Waals surface area contributed by atoms with Crippen LogP contribution < -0.4 is 5.32 Å². The van der Waals surface area contributed by atoms with Crippen LogP contribution in [0.5, 0.6) is 0 Å². The molecule has 0 spiro atoms. The number of aromatic carboxylic acids is 1. The number of carbonyl (C=O) groups is 1. The second-order valence-corrected chi connectivity index (χ2v) is 4.19. The first kappa shape index (κ1) is 14.3. The third kappa shape index (κ3) is 3.61. The molecule has 0 aliphatic carbocycles. The fourth-order valence-electron chi connectivity index (χ4n) is 1.26. The molecule has 0 aromatic carbocycles. The second kappa shape index (κ2) is 5.24. The van der Waals surface area contributed by atoms with E-state index < -0.39 is 23.3 Å². The summed E-state index contributed by atoms with van der Waals surface area (Å²) in [5.74, 6) is -1.24. The number of carboxylic acids is 1. The van der Waals surface area contributed by atoms with Crippen LogP contribution >= 0.6 is 0 Å². The van der Waals surface area contributed by atoms with Gasteiger partial charge in [-0.15, -0.1) is 0 Å². The standard InChI is InChI=1S/C11H13F3N2O2/c1-6(2)4-15-9-3-7(10(17)18)8(5-16-9)11(12,13)14/h3,5-6H,4H2,1-2H3,(H,15,16)(H,17,18). The molecule has 0 unspecified atom stereocenters. The van der Waals surface area contributed by atoms with Crippen molar-refractivity contribution in [1.82, 2.24) is 4.98 Å². The number of nitrogens with zero attached hydrogens (tertiary/aromatic N) is 1. The molecule has 1 aromatic rings. The van der Waals surface area contributed by atoms with E-state index in [1.165, 1.54) is 0 Å². The van der Waals surface area contributed by atoms with Gasteiger partial charge in [-0.3, -0.25) is 0 Å². The quantitative estimate of drug-likeness (QED) is 0.875. The number of pyridine rings is 1. The van der Waals surface area contributed by atoms with Crippen molar-refractivity contribution in [1.29, 1.82) is 0 Å². The van der Waals surface area contributed by atoms with Crippen LogP contribution in [0.3, 0.4) is 0 Å². The number of hydrogen-bond donors (Lipinski definition) is 2. The molecule has 0 aliphatic rings. The van der Waals surface area contributed by atoms with Gasteiger partial charge in [-0.05, 0) is 12.0 Å². The Morgan fingerprint density at radius 2 is 2.11 bits per heavy atom. The highest BCUT2D eigenvalue weighted by Gasteiger charge is 2.36. The van der Waals surface area contributed by atoms with Gasteiger partial charge in [0.15, 0.2) is 0 Å². The van der Waals surface area contributed by atoms with Gasteiger partial charge in [0.25, 0.3) is 0 Å². The Labute approximate surface area is 102 Å². The van der Waals surface area contributed by atoms with E-state index in [1.807, 2.05) is 13.8 Å². The molecular formula is C11H13F3N2O2. The number of halogens is 3. The molecule has 0 saturated heterocycles. The van der Waals surface area contributed by atoms with Crippen LogP contribution in [0.2, 0.25) is 0 Å². The van der Waals surface area contributed by atoms with E-state index in [1.54, 1.807) is 0 Å². The molecule has 2 N–H and O–H groups in total. The zero-order chi connectivity index (χ0) is 13.9. The Morgan fingerprint density at radius 3 is 2.56 bits per heavy atom. The minimum absolute atomic E-state index is 0.120. The van der Waals surface area contributed by atoms with Gasteiger partial charge < -0.3 is 10.4 Å². The van der Waals surface area contributed by atoms with Crippen molar-refractivity contribution in [3.05, 3.63) is 23.4 Å². The van der Waals surface area contributed by atoms with Crippen molar-refractivity contribution in [2.45, 2.75) is 20.0 Å². The largest absolute Gasteiger partial charge is 0.478 e. The lowest BCUT2D eigenvalue weighted by atomic mass is 10.1. The molecule has 0 saturated carbocycles. The molecule has 0 bridgehead atoms. The van der Waals surface area contributed by atoms with E-state index in [-0.39, 0.29) is 11.7 Å². The van der Waals surface area contributed by atoms with E-state index in [2.05, 4.69) is 10.3 Å². The predicted octanol–water partition coefficient (Wildman–Crippen LogP) is 2.87. The summed E-state index contributed by atoms with van der Waals surface area (Å²) in [5, 5.41) is 11.6. The fourth-order valence-corrected chi connectivity index (χ4v) is 1.26. The maximum absolute atomic E-state index is 12.5. The molecule has 0 radical (unpaired) electrons. The molecule has 0 amide bonds. The Hall–Kier alpha value is -1.79. The van der Waals surface area contributed by atoms with Gasteiger partial charge in [-0.1, -0.05) is 13.8 Å².